The van der Waals surface area contributed by atoms with Gasteiger partial charge in [-0.1, -0.05) is 25.1 Å². The molecule has 0 saturated heterocycles. The van der Waals surface area contributed by atoms with Crippen molar-refractivity contribution in [3.63, 3.8) is 0 Å². The van der Waals surface area contributed by atoms with Gasteiger partial charge in [-0.3, -0.25) is 4.79 Å². The van der Waals surface area contributed by atoms with Crippen LogP contribution in [-0.4, -0.2) is 12.2 Å². The molecule has 80 valence electrons. The summed E-state index contributed by atoms with van der Waals surface area (Å²) in [6, 6.07) is 7.53. The van der Waals surface area contributed by atoms with Gasteiger partial charge in [-0.2, -0.15) is 0 Å². The highest BCUT2D eigenvalue weighted by Gasteiger charge is 2.07. The van der Waals surface area contributed by atoms with E-state index >= 15 is 0 Å². The lowest BCUT2D eigenvalue weighted by atomic mass is 10.0. The van der Waals surface area contributed by atoms with E-state index in [4.69, 9.17) is 0 Å². The molecule has 0 fully saturated rings. The molecule has 1 N–H and O–H groups in total. The van der Waals surface area contributed by atoms with E-state index < -0.39 is 0 Å². The minimum absolute atomic E-state index is 0.0279. The first kappa shape index (κ1) is 11.4. The first-order valence-corrected chi connectivity index (χ1v) is 4.94. The summed E-state index contributed by atoms with van der Waals surface area (Å²) >= 11 is 0. The third-order valence-corrected chi connectivity index (χ3v) is 2.10. The minimum atomic E-state index is -0.0961. The van der Waals surface area contributed by atoms with Crippen molar-refractivity contribution in [2.24, 2.45) is 5.92 Å². The average Bonchev–Trinajstić information content (AvgIpc) is 2.20. The van der Waals surface area contributed by atoms with Crippen LogP contribution in [0.15, 0.2) is 24.3 Å². The van der Waals surface area contributed by atoms with Gasteiger partial charge in [0.15, 0.2) is 0 Å². The maximum atomic E-state index is 10.9. The van der Waals surface area contributed by atoms with Crippen LogP contribution >= 0.6 is 0 Å². The zero-order valence-corrected chi connectivity index (χ0v) is 8.99. The van der Waals surface area contributed by atoms with Crippen molar-refractivity contribution >= 4 is 17.9 Å². The monoisotopic (exact) mass is 205 g/mol. The molecular formula is C12H15NO2. The summed E-state index contributed by atoms with van der Waals surface area (Å²) < 4.78 is 0. The Morgan fingerprint density at radius 3 is 2.73 bits per heavy atom. The third-order valence-electron chi connectivity index (χ3n) is 2.10. The molecule has 0 heterocycles. The van der Waals surface area contributed by atoms with Crippen LogP contribution in [0, 0.1) is 5.92 Å². The Hall–Kier alpha value is -1.64. The molecule has 0 aliphatic heterocycles. The minimum Gasteiger partial charge on any atom is -0.326 e. The lowest BCUT2D eigenvalue weighted by Crippen LogP contribution is -2.10. The van der Waals surface area contributed by atoms with Crippen molar-refractivity contribution in [2.45, 2.75) is 20.3 Å². The van der Waals surface area contributed by atoms with Crippen molar-refractivity contribution in [3.8, 4) is 0 Å². The van der Waals surface area contributed by atoms with Gasteiger partial charge in [-0.15, -0.1) is 0 Å². The summed E-state index contributed by atoms with van der Waals surface area (Å²) in [6.07, 6.45) is 1.57. The maximum absolute atomic E-state index is 10.9. The van der Waals surface area contributed by atoms with Gasteiger partial charge >= 0.3 is 0 Å². The van der Waals surface area contributed by atoms with Gasteiger partial charge in [0.25, 0.3) is 0 Å². The predicted octanol–water partition coefficient (Wildman–Crippen LogP) is 2.02. The van der Waals surface area contributed by atoms with Gasteiger partial charge in [-0.05, 0) is 18.1 Å². The maximum Gasteiger partial charge on any atom is 0.221 e. The molecule has 0 aliphatic rings. The topological polar surface area (TPSA) is 46.2 Å². The molecule has 1 rings (SSSR count). The SMILES string of the molecule is CC(=O)Nc1ccccc1CC(C)C=O. The number of nitrogens with one attached hydrogen (secondary N) is 1. The predicted molar refractivity (Wildman–Crippen MR) is 59.7 cm³/mol. The van der Waals surface area contributed by atoms with Gasteiger partial charge in [0, 0.05) is 18.5 Å². The molecule has 15 heavy (non-hydrogen) atoms. The molecule has 0 aromatic heterocycles. The number of amides is 1. The Bertz CT molecular complexity index is 360. The van der Waals surface area contributed by atoms with Crippen molar-refractivity contribution in [1.82, 2.24) is 0 Å². The second kappa shape index (κ2) is 5.29. The van der Waals surface area contributed by atoms with Crippen LogP contribution in [0.3, 0.4) is 0 Å². The molecule has 0 saturated carbocycles. The molecule has 1 aromatic carbocycles. The number of anilines is 1. The summed E-state index contributed by atoms with van der Waals surface area (Å²) in [5.41, 5.74) is 1.78. The molecule has 0 aliphatic carbocycles. The number of benzene rings is 1. The van der Waals surface area contributed by atoms with Crippen LogP contribution < -0.4 is 5.32 Å². The Balaban J connectivity index is 2.85. The number of rotatable bonds is 4. The van der Waals surface area contributed by atoms with E-state index in [1.54, 1.807) is 0 Å². The summed E-state index contributed by atoms with van der Waals surface area (Å²) in [7, 11) is 0. The van der Waals surface area contributed by atoms with E-state index in [2.05, 4.69) is 5.32 Å². The van der Waals surface area contributed by atoms with E-state index in [1.165, 1.54) is 6.92 Å². The number of hydrogen-bond acceptors (Lipinski definition) is 2. The number of para-hydroxylation sites is 1. The third kappa shape index (κ3) is 3.54. The quantitative estimate of drug-likeness (QED) is 0.764. The van der Waals surface area contributed by atoms with Gasteiger partial charge in [0.05, 0.1) is 0 Å². The highest BCUT2D eigenvalue weighted by atomic mass is 16.1. The lowest BCUT2D eigenvalue weighted by Gasteiger charge is -2.10. The standard InChI is InChI=1S/C12H15NO2/c1-9(8-14)7-11-5-3-4-6-12(11)13-10(2)15/h3-6,8-9H,7H2,1-2H3,(H,13,15). The summed E-state index contributed by atoms with van der Waals surface area (Å²) in [6.45, 7) is 3.33. The molecule has 1 atom stereocenters. The van der Waals surface area contributed by atoms with E-state index in [-0.39, 0.29) is 11.8 Å². The van der Waals surface area contributed by atoms with Gasteiger partial charge in [0.2, 0.25) is 5.91 Å². The normalized spacial score (nSPS) is 11.9. The second-order valence-corrected chi connectivity index (χ2v) is 3.66. The first-order valence-electron chi connectivity index (χ1n) is 4.94. The molecule has 1 unspecified atom stereocenters. The molecular weight excluding hydrogens is 190 g/mol. The van der Waals surface area contributed by atoms with Crippen molar-refractivity contribution < 1.29 is 9.59 Å². The fourth-order valence-corrected chi connectivity index (χ4v) is 1.40. The summed E-state index contributed by atoms with van der Waals surface area (Å²) in [5, 5.41) is 2.75. The summed E-state index contributed by atoms with van der Waals surface area (Å²) in [5.74, 6) is -0.124. The van der Waals surface area contributed by atoms with Gasteiger partial charge < -0.3 is 10.1 Å². The number of hydrogen-bond donors (Lipinski definition) is 1. The molecule has 1 aromatic rings. The van der Waals surface area contributed by atoms with Crippen molar-refractivity contribution in [3.05, 3.63) is 29.8 Å². The fraction of sp³-hybridized carbons (Fsp3) is 0.333. The van der Waals surface area contributed by atoms with Crippen LogP contribution in [-0.2, 0) is 16.0 Å². The van der Waals surface area contributed by atoms with Crippen LogP contribution in [0.5, 0.6) is 0 Å². The van der Waals surface area contributed by atoms with E-state index in [0.29, 0.717) is 6.42 Å². The van der Waals surface area contributed by atoms with Crippen LogP contribution in [0.2, 0.25) is 0 Å². The number of aldehydes is 1. The molecule has 3 nitrogen and oxygen atoms in total. The average molecular weight is 205 g/mol. The largest absolute Gasteiger partial charge is 0.326 e. The fourth-order valence-electron chi connectivity index (χ4n) is 1.40. The first-order chi connectivity index (χ1) is 7.13. The van der Waals surface area contributed by atoms with Crippen LogP contribution in [0.25, 0.3) is 0 Å². The lowest BCUT2D eigenvalue weighted by molar-refractivity contribution is -0.114. The van der Waals surface area contributed by atoms with Crippen molar-refractivity contribution in [1.29, 1.82) is 0 Å². The molecule has 0 spiro atoms. The highest BCUT2D eigenvalue weighted by molar-refractivity contribution is 5.89. The van der Waals surface area contributed by atoms with Crippen LogP contribution in [0.4, 0.5) is 5.69 Å². The highest BCUT2D eigenvalue weighted by Crippen LogP contribution is 2.18. The van der Waals surface area contributed by atoms with E-state index in [1.807, 2.05) is 31.2 Å². The van der Waals surface area contributed by atoms with Crippen molar-refractivity contribution in [2.75, 3.05) is 5.32 Å². The second-order valence-electron chi connectivity index (χ2n) is 3.66. The van der Waals surface area contributed by atoms with E-state index in [0.717, 1.165) is 17.5 Å². The Morgan fingerprint density at radius 1 is 1.47 bits per heavy atom. The Morgan fingerprint density at radius 2 is 2.13 bits per heavy atom. The smallest absolute Gasteiger partial charge is 0.221 e. The zero-order valence-electron chi connectivity index (χ0n) is 8.99. The summed E-state index contributed by atoms with van der Waals surface area (Å²) in [4.78, 5) is 21.5. The molecule has 3 heteroatoms. The van der Waals surface area contributed by atoms with E-state index in [9.17, 15) is 9.59 Å². The molecule has 0 radical (unpaired) electrons. The molecule has 1 amide bonds. The Kier molecular flexibility index (Phi) is 4.03. The number of carbonyl (C=O) groups excluding carboxylic acids is 2. The Labute approximate surface area is 89.5 Å². The van der Waals surface area contributed by atoms with Gasteiger partial charge in [0.1, 0.15) is 6.29 Å². The molecule has 0 bridgehead atoms. The number of carbonyl (C=O) groups is 2. The van der Waals surface area contributed by atoms with Gasteiger partial charge in [-0.25, -0.2) is 0 Å². The van der Waals surface area contributed by atoms with Crippen LogP contribution in [0.1, 0.15) is 19.4 Å². The zero-order chi connectivity index (χ0) is 11.3.